The summed E-state index contributed by atoms with van der Waals surface area (Å²) in [5.41, 5.74) is 4.09. The molecule has 0 saturated carbocycles. The van der Waals surface area contributed by atoms with Crippen LogP contribution < -0.4 is 14.8 Å². The summed E-state index contributed by atoms with van der Waals surface area (Å²) in [5, 5.41) is 3.17. The molecule has 1 atom stereocenters. The van der Waals surface area contributed by atoms with Gasteiger partial charge in [-0.1, -0.05) is 30.7 Å². The quantitative estimate of drug-likeness (QED) is 0.636. The van der Waals surface area contributed by atoms with Crippen molar-refractivity contribution in [3.63, 3.8) is 0 Å². The van der Waals surface area contributed by atoms with E-state index >= 15 is 0 Å². The molecule has 0 bridgehead atoms. The van der Waals surface area contributed by atoms with Crippen LogP contribution in [0.1, 0.15) is 49.3 Å². The van der Waals surface area contributed by atoms with Gasteiger partial charge in [0.1, 0.15) is 0 Å². The summed E-state index contributed by atoms with van der Waals surface area (Å²) < 4.78 is 11.0. The molecule has 2 heterocycles. The van der Waals surface area contributed by atoms with Crippen molar-refractivity contribution >= 4 is 11.7 Å². The highest BCUT2D eigenvalue weighted by atomic mass is 16.7. The molecule has 32 heavy (non-hydrogen) atoms. The topological polar surface area (TPSA) is 54.0 Å². The molecule has 2 aliphatic rings. The predicted molar refractivity (Wildman–Crippen MR) is 127 cm³/mol. The van der Waals surface area contributed by atoms with E-state index in [-0.39, 0.29) is 12.8 Å². The molecule has 2 aromatic rings. The lowest BCUT2D eigenvalue weighted by Crippen LogP contribution is -2.41. The van der Waals surface area contributed by atoms with Crippen LogP contribution in [0.15, 0.2) is 36.4 Å². The molecule has 6 heteroatoms. The van der Waals surface area contributed by atoms with Gasteiger partial charge in [-0.15, -0.1) is 0 Å². The molecule has 0 aromatic heterocycles. The number of hydrogen-bond acceptors (Lipinski definition) is 4. The van der Waals surface area contributed by atoms with Crippen LogP contribution in [-0.2, 0) is 6.54 Å². The molecular formula is C26H35N3O3. The van der Waals surface area contributed by atoms with Crippen molar-refractivity contribution in [2.24, 2.45) is 0 Å². The molecular weight excluding hydrogens is 402 g/mol. The second-order valence-corrected chi connectivity index (χ2v) is 9.04. The van der Waals surface area contributed by atoms with Crippen LogP contribution in [-0.4, -0.2) is 48.3 Å². The maximum Gasteiger partial charge on any atom is 0.322 e. The number of nitrogens with one attached hydrogen (secondary N) is 1. The van der Waals surface area contributed by atoms with Gasteiger partial charge >= 0.3 is 6.03 Å². The van der Waals surface area contributed by atoms with E-state index in [0.717, 1.165) is 53.4 Å². The van der Waals surface area contributed by atoms with Gasteiger partial charge in [0, 0.05) is 31.4 Å². The van der Waals surface area contributed by atoms with Gasteiger partial charge in [0.2, 0.25) is 6.79 Å². The lowest BCUT2D eigenvalue weighted by atomic mass is 10.0. The van der Waals surface area contributed by atoms with Gasteiger partial charge in [-0.3, -0.25) is 0 Å². The fraction of sp³-hybridized carbons (Fsp3) is 0.500. The average Bonchev–Trinajstić information content (AvgIpc) is 3.25. The normalized spacial score (nSPS) is 17.9. The Labute approximate surface area is 191 Å². The number of para-hydroxylation sites is 1. The van der Waals surface area contributed by atoms with Crippen molar-refractivity contribution < 1.29 is 14.3 Å². The number of hydrogen-bond donors (Lipinski definition) is 1. The zero-order valence-corrected chi connectivity index (χ0v) is 19.5. The second-order valence-electron chi connectivity index (χ2n) is 9.04. The summed E-state index contributed by atoms with van der Waals surface area (Å²) in [6.07, 6.45) is 4.83. The maximum atomic E-state index is 13.3. The highest BCUT2D eigenvalue weighted by Crippen LogP contribution is 2.33. The Morgan fingerprint density at radius 3 is 2.69 bits per heavy atom. The number of nitrogens with zero attached hydrogens (tertiary/aromatic N) is 2. The molecule has 2 aliphatic heterocycles. The van der Waals surface area contributed by atoms with Crippen LogP contribution in [0.2, 0.25) is 0 Å². The van der Waals surface area contributed by atoms with Crippen molar-refractivity contribution in [3.05, 3.63) is 53.1 Å². The van der Waals surface area contributed by atoms with Gasteiger partial charge in [-0.2, -0.15) is 0 Å². The van der Waals surface area contributed by atoms with Gasteiger partial charge in [0.25, 0.3) is 0 Å². The smallest absolute Gasteiger partial charge is 0.322 e. The fourth-order valence-electron chi connectivity index (χ4n) is 4.66. The van der Waals surface area contributed by atoms with Crippen LogP contribution in [0.5, 0.6) is 11.5 Å². The summed E-state index contributed by atoms with van der Waals surface area (Å²) in [7, 11) is 0. The number of carbonyl (C=O) groups excluding carboxylic acids is 1. The van der Waals surface area contributed by atoms with Crippen LogP contribution in [0.4, 0.5) is 10.5 Å². The Kier molecular flexibility index (Phi) is 7.20. The molecule has 2 amide bonds. The Bertz CT molecular complexity index is 926. The largest absolute Gasteiger partial charge is 0.454 e. The summed E-state index contributed by atoms with van der Waals surface area (Å²) in [6.45, 7) is 10.1. The van der Waals surface area contributed by atoms with Crippen molar-refractivity contribution in [2.75, 3.05) is 31.7 Å². The minimum atomic E-state index is -0.0632. The molecule has 1 fully saturated rings. The molecule has 4 rings (SSSR count). The van der Waals surface area contributed by atoms with E-state index < -0.39 is 0 Å². The fourth-order valence-corrected chi connectivity index (χ4v) is 4.66. The van der Waals surface area contributed by atoms with Gasteiger partial charge < -0.3 is 24.6 Å². The number of ether oxygens (including phenoxy) is 2. The lowest BCUT2D eigenvalue weighted by Gasteiger charge is -2.34. The number of likely N-dealkylation sites (tertiary alicyclic amines) is 1. The van der Waals surface area contributed by atoms with Gasteiger partial charge in [-0.05, 0) is 75.4 Å². The lowest BCUT2D eigenvalue weighted by molar-refractivity contribution is 0.150. The average molecular weight is 438 g/mol. The third-order valence-electron chi connectivity index (χ3n) is 6.62. The van der Waals surface area contributed by atoms with Crippen molar-refractivity contribution in [2.45, 2.75) is 59.0 Å². The Balaban J connectivity index is 1.45. The monoisotopic (exact) mass is 437 g/mol. The summed E-state index contributed by atoms with van der Waals surface area (Å²) in [5.74, 6) is 1.51. The van der Waals surface area contributed by atoms with Crippen LogP contribution >= 0.6 is 0 Å². The van der Waals surface area contributed by atoms with E-state index in [1.165, 1.54) is 19.3 Å². The molecule has 0 spiro atoms. The zero-order valence-electron chi connectivity index (χ0n) is 19.5. The maximum absolute atomic E-state index is 13.3. The van der Waals surface area contributed by atoms with E-state index in [4.69, 9.17) is 9.47 Å². The molecule has 0 aliphatic carbocycles. The van der Waals surface area contributed by atoms with Crippen molar-refractivity contribution in [1.29, 1.82) is 0 Å². The first-order valence-corrected chi connectivity index (χ1v) is 11.8. The number of benzene rings is 2. The predicted octanol–water partition coefficient (Wildman–Crippen LogP) is 5.33. The number of aryl methyl sites for hydroxylation is 2. The third-order valence-corrected chi connectivity index (χ3v) is 6.62. The minimum absolute atomic E-state index is 0.0632. The zero-order chi connectivity index (χ0) is 22.5. The van der Waals surface area contributed by atoms with E-state index in [0.29, 0.717) is 19.1 Å². The molecule has 1 saturated heterocycles. The number of rotatable bonds is 7. The molecule has 1 N–H and O–H groups in total. The Morgan fingerprint density at radius 1 is 1.12 bits per heavy atom. The van der Waals surface area contributed by atoms with E-state index in [1.54, 1.807) is 0 Å². The number of piperidine rings is 1. The van der Waals surface area contributed by atoms with Crippen molar-refractivity contribution in [1.82, 2.24) is 9.80 Å². The number of urea groups is 1. The van der Waals surface area contributed by atoms with Gasteiger partial charge in [0.15, 0.2) is 11.5 Å². The molecule has 2 aromatic carbocycles. The highest BCUT2D eigenvalue weighted by Gasteiger charge is 2.21. The third kappa shape index (κ3) is 5.36. The Hall–Kier alpha value is -2.73. The standard InChI is InChI=1S/C26H35N3O3/c1-19-8-6-9-20(2)25(19)27-26(30)29(15-7-14-28-13-5-4-10-21(28)3)17-22-11-12-23-24(16-22)32-18-31-23/h6,8-9,11-12,16,21H,4-5,7,10,13-15,17-18H2,1-3H3,(H,27,30). The summed E-state index contributed by atoms with van der Waals surface area (Å²) in [4.78, 5) is 17.8. The first-order chi connectivity index (χ1) is 15.5. The summed E-state index contributed by atoms with van der Waals surface area (Å²) >= 11 is 0. The van der Waals surface area contributed by atoms with E-state index in [9.17, 15) is 4.79 Å². The van der Waals surface area contributed by atoms with E-state index in [1.807, 2.05) is 55.1 Å². The highest BCUT2D eigenvalue weighted by molar-refractivity contribution is 5.91. The first-order valence-electron chi connectivity index (χ1n) is 11.8. The molecule has 172 valence electrons. The number of anilines is 1. The van der Waals surface area contributed by atoms with Crippen LogP contribution in [0.3, 0.4) is 0 Å². The summed E-state index contributed by atoms with van der Waals surface area (Å²) in [6, 6.07) is 12.6. The van der Waals surface area contributed by atoms with Crippen LogP contribution in [0.25, 0.3) is 0 Å². The van der Waals surface area contributed by atoms with Gasteiger partial charge in [-0.25, -0.2) is 4.79 Å². The Morgan fingerprint density at radius 2 is 1.91 bits per heavy atom. The first kappa shape index (κ1) is 22.5. The molecule has 1 unspecified atom stereocenters. The van der Waals surface area contributed by atoms with Gasteiger partial charge in [0.05, 0.1) is 0 Å². The second kappa shape index (κ2) is 10.3. The number of fused-ring (bicyclic) bond motifs is 1. The minimum Gasteiger partial charge on any atom is -0.454 e. The van der Waals surface area contributed by atoms with Crippen LogP contribution in [0, 0.1) is 13.8 Å². The molecule has 6 nitrogen and oxygen atoms in total. The van der Waals surface area contributed by atoms with E-state index in [2.05, 4.69) is 17.1 Å². The number of amides is 2. The molecule has 0 radical (unpaired) electrons. The van der Waals surface area contributed by atoms with Crippen molar-refractivity contribution in [3.8, 4) is 11.5 Å². The number of carbonyl (C=O) groups is 1. The SMILES string of the molecule is Cc1cccc(C)c1NC(=O)N(CCCN1CCCCC1C)Cc1ccc2c(c1)OCO2.